The molecule has 0 saturated carbocycles. The van der Waals surface area contributed by atoms with Crippen molar-refractivity contribution < 1.29 is 22.5 Å². The highest BCUT2D eigenvalue weighted by atomic mass is 19.4. The largest absolute Gasteiger partial charge is 0.436 e. The van der Waals surface area contributed by atoms with Gasteiger partial charge in [-0.2, -0.15) is 13.2 Å². The predicted octanol–water partition coefficient (Wildman–Crippen LogP) is 4.53. The number of carbonyl (C=O) groups is 1. The molecule has 0 radical (unpaired) electrons. The number of hydrogen-bond donors (Lipinski definition) is 1. The lowest BCUT2D eigenvalue weighted by Gasteiger charge is -2.30. The van der Waals surface area contributed by atoms with E-state index in [1.165, 1.54) is 0 Å². The molecular formula is C22H21F3N4O2. The van der Waals surface area contributed by atoms with Crippen LogP contribution in [0.2, 0.25) is 0 Å². The van der Waals surface area contributed by atoms with Crippen molar-refractivity contribution in [1.82, 2.24) is 10.1 Å². The van der Waals surface area contributed by atoms with Crippen molar-refractivity contribution >= 4 is 17.4 Å². The maximum Gasteiger partial charge on any atom is 0.436 e. The van der Waals surface area contributed by atoms with Gasteiger partial charge >= 0.3 is 6.18 Å². The molecule has 0 unspecified atom stereocenters. The van der Waals surface area contributed by atoms with E-state index in [9.17, 15) is 18.0 Å². The molecule has 0 aliphatic carbocycles. The first kappa shape index (κ1) is 20.9. The second-order valence-electron chi connectivity index (χ2n) is 7.53. The van der Waals surface area contributed by atoms with Crippen LogP contribution in [0.25, 0.3) is 0 Å². The van der Waals surface area contributed by atoms with E-state index in [4.69, 9.17) is 4.52 Å². The minimum Gasteiger partial charge on any atom is -0.362 e. The number of pyridine rings is 1. The lowest BCUT2D eigenvalue weighted by molar-refractivity contribution is -0.142. The number of hydrogen-bond acceptors (Lipinski definition) is 5. The number of anilines is 2. The zero-order valence-corrected chi connectivity index (χ0v) is 16.9. The van der Waals surface area contributed by atoms with Crippen molar-refractivity contribution in [1.29, 1.82) is 0 Å². The number of fused-ring (bicyclic) bond motifs is 1. The van der Waals surface area contributed by atoms with Gasteiger partial charge in [-0.3, -0.25) is 4.79 Å². The quantitative estimate of drug-likeness (QED) is 0.644. The number of aromatic nitrogens is 2. The number of amides is 1. The van der Waals surface area contributed by atoms with Gasteiger partial charge in [0.15, 0.2) is 11.5 Å². The van der Waals surface area contributed by atoms with Crippen molar-refractivity contribution in [2.75, 3.05) is 16.8 Å². The van der Waals surface area contributed by atoms with Crippen LogP contribution in [0.3, 0.4) is 0 Å². The SMILES string of the molecule is Cc1cc2c(nc1NC(=O)Cc1ccccc1)CCCN2Cc1cc(C(F)(F)F)no1. The topological polar surface area (TPSA) is 71.3 Å². The summed E-state index contributed by atoms with van der Waals surface area (Å²) in [5.74, 6) is 0.481. The Morgan fingerprint density at radius 2 is 2.00 bits per heavy atom. The summed E-state index contributed by atoms with van der Waals surface area (Å²) in [7, 11) is 0. The monoisotopic (exact) mass is 430 g/mol. The van der Waals surface area contributed by atoms with Crippen molar-refractivity contribution in [2.45, 2.75) is 38.9 Å². The molecular weight excluding hydrogens is 409 g/mol. The number of nitrogens with zero attached hydrogens (tertiary/aromatic N) is 3. The molecule has 1 amide bonds. The van der Waals surface area contributed by atoms with Crippen molar-refractivity contribution in [3.8, 4) is 0 Å². The van der Waals surface area contributed by atoms with Gasteiger partial charge in [0, 0.05) is 12.6 Å². The van der Waals surface area contributed by atoms with E-state index in [0.717, 1.165) is 41.4 Å². The van der Waals surface area contributed by atoms with Crippen LogP contribution in [0, 0.1) is 6.92 Å². The number of halogens is 3. The van der Waals surface area contributed by atoms with Gasteiger partial charge < -0.3 is 14.7 Å². The van der Waals surface area contributed by atoms with E-state index >= 15 is 0 Å². The van der Waals surface area contributed by atoms with Crippen LogP contribution in [-0.2, 0) is 30.4 Å². The molecule has 2 aromatic heterocycles. The summed E-state index contributed by atoms with van der Waals surface area (Å²) in [5.41, 5.74) is 2.27. The van der Waals surface area contributed by atoms with E-state index < -0.39 is 11.9 Å². The van der Waals surface area contributed by atoms with E-state index in [1.807, 2.05) is 48.2 Å². The normalized spacial score (nSPS) is 13.7. The lowest BCUT2D eigenvalue weighted by Crippen LogP contribution is -2.30. The third kappa shape index (κ3) is 4.87. The van der Waals surface area contributed by atoms with Gasteiger partial charge in [0.1, 0.15) is 5.82 Å². The Bertz CT molecular complexity index is 1080. The smallest absolute Gasteiger partial charge is 0.362 e. The first-order chi connectivity index (χ1) is 14.8. The zero-order valence-electron chi connectivity index (χ0n) is 16.9. The number of carbonyl (C=O) groups excluding carboxylic acids is 1. The number of aryl methyl sites for hydroxylation is 2. The van der Waals surface area contributed by atoms with Crippen molar-refractivity contribution in [2.24, 2.45) is 0 Å². The Morgan fingerprint density at radius 3 is 2.71 bits per heavy atom. The maximum absolute atomic E-state index is 12.8. The zero-order chi connectivity index (χ0) is 22.0. The van der Waals surface area contributed by atoms with Crippen LogP contribution in [0.15, 0.2) is 47.0 Å². The van der Waals surface area contributed by atoms with Gasteiger partial charge in [-0.1, -0.05) is 35.5 Å². The highest BCUT2D eigenvalue weighted by Gasteiger charge is 2.35. The summed E-state index contributed by atoms with van der Waals surface area (Å²) in [6.07, 6.45) is -2.77. The molecule has 0 bridgehead atoms. The van der Waals surface area contributed by atoms with Crippen LogP contribution < -0.4 is 10.2 Å². The fraction of sp³-hybridized carbons (Fsp3) is 0.318. The van der Waals surface area contributed by atoms with E-state index in [0.29, 0.717) is 12.4 Å². The molecule has 6 nitrogen and oxygen atoms in total. The molecule has 1 aliphatic heterocycles. The highest BCUT2D eigenvalue weighted by Crippen LogP contribution is 2.32. The van der Waals surface area contributed by atoms with E-state index in [2.05, 4.69) is 15.5 Å². The average molecular weight is 430 g/mol. The van der Waals surface area contributed by atoms with Crippen molar-refractivity contribution in [3.63, 3.8) is 0 Å². The van der Waals surface area contributed by atoms with Gasteiger partial charge in [-0.15, -0.1) is 0 Å². The molecule has 0 spiro atoms. The molecule has 0 fully saturated rings. The van der Waals surface area contributed by atoms with Gasteiger partial charge in [-0.25, -0.2) is 4.98 Å². The van der Waals surface area contributed by atoms with Crippen molar-refractivity contribution in [3.05, 3.63) is 70.7 Å². The number of rotatable bonds is 5. The molecule has 3 heterocycles. The number of nitrogens with one attached hydrogen (secondary N) is 1. The maximum atomic E-state index is 12.8. The summed E-state index contributed by atoms with van der Waals surface area (Å²) >= 11 is 0. The van der Waals surface area contributed by atoms with Crippen LogP contribution in [0.4, 0.5) is 24.7 Å². The number of benzene rings is 1. The molecule has 3 aromatic rings. The Hall–Kier alpha value is -3.36. The highest BCUT2D eigenvalue weighted by molar-refractivity contribution is 5.92. The van der Waals surface area contributed by atoms with Gasteiger partial charge in [0.2, 0.25) is 5.91 Å². The summed E-state index contributed by atoms with van der Waals surface area (Å²) in [5, 5.41) is 5.99. The first-order valence-corrected chi connectivity index (χ1v) is 9.91. The fourth-order valence-electron chi connectivity index (χ4n) is 3.61. The molecule has 1 aromatic carbocycles. The predicted molar refractivity (Wildman–Crippen MR) is 109 cm³/mol. The average Bonchev–Trinajstić information content (AvgIpc) is 3.19. The van der Waals surface area contributed by atoms with E-state index in [1.54, 1.807) is 0 Å². The van der Waals surface area contributed by atoms with Crippen LogP contribution in [-0.4, -0.2) is 22.6 Å². The molecule has 0 saturated heterocycles. The number of alkyl halides is 3. The Kier molecular flexibility index (Phi) is 5.67. The third-order valence-electron chi connectivity index (χ3n) is 5.11. The fourth-order valence-corrected chi connectivity index (χ4v) is 3.61. The van der Waals surface area contributed by atoms with Gasteiger partial charge in [-0.05, 0) is 37.0 Å². The minimum atomic E-state index is -4.54. The van der Waals surface area contributed by atoms with Crippen LogP contribution in [0.5, 0.6) is 0 Å². The minimum absolute atomic E-state index is 0.137. The van der Waals surface area contributed by atoms with Gasteiger partial charge in [0.25, 0.3) is 0 Å². The first-order valence-electron chi connectivity index (χ1n) is 9.91. The van der Waals surface area contributed by atoms with Crippen LogP contribution >= 0.6 is 0 Å². The Morgan fingerprint density at radius 1 is 1.23 bits per heavy atom. The third-order valence-corrected chi connectivity index (χ3v) is 5.11. The van der Waals surface area contributed by atoms with E-state index in [-0.39, 0.29) is 24.6 Å². The molecule has 9 heteroatoms. The Labute approximate surface area is 177 Å². The summed E-state index contributed by atoms with van der Waals surface area (Å²) in [6, 6.07) is 12.3. The molecule has 4 rings (SSSR count). The molecule has 162 valence electrons. The van der Waals surface area contributed by atoms with Gasteiger partial charge in [0.05, 0.1) is 24.3 Å². The van der Waals surface area contributed by atoms with Crippen LogP contribution in [0.1, 0.15) is 34.7 Å². The second kappa shape index (κ2) is 8.41. The molecule has 1 N–H and O–H groups in total. The molecule has 31 heavy (non-hydrogen) atoms. The lowest BCUT2D eigenvalue weighted by atomic mass is 10.0. The Balaban J connectivity index is 1.50. The molecule has 1 aliphatic rings. The summed E-state index contributed by atoms with van der Waals surface area (Å²) in [6.45, 7) is 2.67. The molecule has 0 atom stereocenters. The second-order valence-corrected chi connectivity index (χ2v) is 7.53. The standard InChI is InChI=1S/C22H21F3N4O2/c1-14-10-18-17(26-21(14)27-20(30)11-15-6-3-2-4-7-15)8-5-9-29(18)13-16-12-19(28-31-16)22(23,24)25/h2-4,6-7,10,12H,5,8-9,11,13H2,1H3,(H,26,27,30). The summed E-state index contributed by atoms with van der Waals surface area (Å²) < 4.78 is 43.2. The summed E-state index contributed by atoms with van der Waals surface area (Å²) in [4.78, 5) is 19.0.